The molecule has 1 aromatic carbocycles. The minimum atomic E-state index is -0.256. The van der Waals surface area contributed by atoms with Gasteiger partial charge < -0.3 is 15.0 Å². The Morgan fingerprint density at radius 1 is 1.33 bits per heavy atom. The Morgan fingerprint density at radius 2 is 2.12 bits per heavy atom. The van der Waals surface area contributed by atoms with E-state index in [0.29, 0.717) is 55.0 Å². The van der Waals surface area contributed by atoms with Crippen LogP contribution in [0.15, 0.2) is 18.2 Å². The molecule has 2 amide bonds. The van der Waals surface area contributed by atoms with E-state index in [4.69, 9.17) is 11.6 Å². The van der Waals surface area contributed by atoms with Crippen LogP contribution in [0.5, 0.6) is 0 Å². The normalized spacial score (nSPS) is 13.9. The number of hydrogen-bond donors (Lipinski definition) is 1. The third kappa shape index (κ3) is 4.71. The molecule has 0 bridgehead atoms. The lowest BCUT2D eigenvalue weighted by molar-refractivity contribution is -0.140. The maximum atomic E-state index is 12.4. The lowest BCUT2D eigenvalue weighted by atomic mass is 10.1. The quantitative estimate of drug-likeness (QED) is 0.604. The zero-order chi connectivity index (χ0) is 17.5. The first-order chi connectivity index (χ1) is 11.5. The number of methoxy groups -OCH3 is 1. The average Bonchev–Trinajstić information content (AvgIpc) is 2.99. The molecule has 1 N–H and O–H groups in total. The smallest absolute Gasteiger partial charge is 0.305 e. The minimum absolute atomic E-state index is 0.00407. The lowest BCUT2D eigenvalue weighted by Gasteiger charge is -2.19. The summed E-state index contributed by atoms with van der Waals surface area (Å²) in [5.74, 6) is -0.502. The highest BCUT2D eigenvalue weighted by Gasteiger charge is 2.26. The number of rotatable bonds is 7. The second-order valence-corrected chi connectivity index (χ2v) is 6.04. The number of carbonyl (C=O) groups is 3. The fourth-order valence-corrected chi connectivity index (χ4v) is 2.78. The Labute approximate surface area is 146 Å². The van der Waals surface area contributed by atoms with Gasteiger partial charge in [-0.25, -0.2) is 0 Å². The van der Waals surface area contributed by atoms with Gasteiger partial charge in [-0.15, -0.1) is 0 Å². The van der Waals surface area contributed by atoms with Crippen LogP contribution < -0.4 is 10.2 Å². The molecule has 0 radical (unpaired) electrons. The molecular formula is C17H21ClN2O4. The number of nitrogens with one attached hydrogen (secondary N) is 1. The summed E-state index contributed by atoms with van der Waals surface area (Å²) in [6, 6.07) is 4.92. The molecule has 0 atom stereocenters. The molecule has 0 aromatic heterocycles. The van der Waals surface area contributed by atoms with E-state index in [1.54, 1.807) is 23.1 Å². The molecule has 0 spiro atoms. The number of ether oxygens (including phenoxy) is 1. The van der Waals surface area contributed by atoms with Gasteiger partial charge in [-0.1, -0.05) is 11.6 Å². The van der Waals surface area contributed by atoms with Crippen LogP contribution in [0, 0.1) is 0 Å². The predicted molar refractivity (Wildman–Crippen MR) is 91.2 cm³/mol. The number of benzene rings is 1. The fourth-order valence-electron chi connectivity index (χ4n) is 2.62. The Morgan fingerprint density at radius 3 is 2.79 bits per heavy atom. The topological polar surface area (TPSA) is 75.7 Å². The Bertz CT molecular complexity index is 633. The third-order valence-corrected chi connectivity index (χ3v) is 4.12. The zero-order valence-electron chi connectivity index (χ0n) is 13.6. The molecule has 24 heavy (non-hydrogen) atoms. The first-order valence-electron chi connectivity index (χ1n) is 7.98. The Balaban J connectivity index is 1.96. The second kappa shape index (κ2) is 8.68. The molecule has 130 valence electrons. The van der Waals surface area contributed by atoms with Crippen LogP contribution in [0.4, 0.5) is 5.69 Å². The van der Waals surface area contributed by atoms with Crippen molar-refractivity contribution in [2.45, 2.75) is 32.1 Å². The van der Waals surface area contributed by atoms with Crippen molar-refractivity contribution in [2.75, 3.05) is 25.1 Å². The van der Waals surface area contributed by atoms with Crippen LogP contribution in [0.1, 0.15) is 42.5 Å². The number of amides is 2. The summed E-state index contributed by atoms with van der Waals surface area (Å²) in [5.41, 5.74) is 0.986. The summed E-state index contributed by atoms with van der Waals surface area (Å²) >= 11 is 6.02. The van der Waals surface area contributed by atoms with Crippen molar-refractivity contribution < 1.29 is 19.1 Å². The fraction of sp³-hybridized carbons (Fsp3) is 0.471. The van der Waals surface area contributed by atoms with Crippen molar-refractivity contribution in [3.63, 3.8) is 0 Å². The van der Waals surface area contributed by atoms with Gasteiger partial charge in [-0.05, 0) is 37.5 Å². The van der Waals surface area contributed by atoms with Gasteiger partial charge in [0, 0.05) is 31.0 Å². The molecule has 0 aliphatic carbocycles. The number of halogens is 1. The highest BCUT2D eigenvalue weighted by atomic mass is 35.5. The largest absolute Gasteiger partial charge is 0.469 e. The van der Waals surface area contributed by atoms with E-state index in [-0.39, 0.29) is 17.8 Å². The SMILES string of the molecule is COC(=O)CCCCNC(=O)c1ccc(Cl)cc1N1CCCC1=O. The van der Waals surface area contributed by atoms with Gasteiger partial charge in [0.2, 0.25) is 5.91 Å². The number of hydrogen-bond acceptors (Lipinski definition) is 4. The molecule has 1 fully saturated rings. The molecule has 0 unspecified atom stereocenters. The van der Waals surface area contributed by atoms with Gasteiger partial charge >= 0.3 is 5.97 Å². The summed E-state index contributed by atoms with van der Waals surface area (Å²) in [6.07, 6.45) is 2.92. The molecule has 2 rings (SSSR count). The van der Waals surface area contributed by atoms with E-state index in [1.165, 1.54) is 7.11 Å². The minimum Gasteiger partial charge on any atom is -0.469 e. The van der Waals surface area contributed by atoms with Crippen LogP contribution in [0.3, 0.4) is 0 Å². The molecule has 1 aliphatic rings. The molecule has 1 aromatic rings. The van der Waals surface area contributed by atoms with E-state index in [0.717, 1.165) is 6.42 Å². The maximum absolute atomic E-state index is 12.4. The second-order valence-electron chi connectivity index (χ2n) is 5.60. The summed E-state index contributed by atoms with van der Waals surface area (Å²) < 4.78 is 4.56. The molecule has 0 saturated carbocycles. The van der Waals surface area contributed by atoms with Gasteiger partial charge in [0.25, 0.3) is 5.91 Å². The number of nitrogens with zero attached hydrogens (tertiary/aromatic N) is 1. The first kappa shape index (κ1) is 18.3. The summed E-state index contributed by atoms with van der Waals surface area (Å²) in [5, 5.41) is 3.30. The van der Waals surface area contributed by atoms with E-state index in [1.807, 2.05) is 0 Å². The zero-order valence-corrected chi connectivity index (χ0v) is 14.4. The van der Waals surface area contributed by atoms with Crippen LogP contribution >= 0.6 is 11.6 Å². The maximum Gasteiger partial charge on any atom is 0.305 e. The highest BCUT2D eigenvalue weighted by Crippen LogP contribution is 2.28. The number of unbranched alkanes of at least 4 members (excludes halogenated alkanes) is 1. The highest BCUT2D eigenvalue weighted by molar-refractivity contribution is 6.31. The molecule has 7 heteroatoms. The summed E-state index contributed by atoms with van der Waals surface area (Å²) in [4.78, 5) is 37.0. The van der Waals surface area contributed by atoms with Crippen LogP contribution in [0.2, 0.25) is 5.02 Å². The van der Waals surface area contributed by atoms with E-state index >= 15 is 0 Å². The monoisotopic (exact) mass is 352 g/mol. The van der Waals surface area contributed by atoms with Crippen LogP contribution in [-0.4, -0.2) is 38.0 Å². The summed E-state index contributed by atoms with van der Waals surface area (Å²) in [6.45, 7) is 1.05. The first-order valence-corrected chi connectivity index (χ1v) is 8.35. The third-order valence-electron chi connectivity index (χ3n) is 3.89. The van der Waals surface area contributed by atoms with Crippen molar-refractivity contribution >= 4 is 35.1 Å². The Kier molecular flexibility index (Phi) is 6.61. The Hall–Kier alpha value is -2.08. The summed E-state index contributed by atoms with van der Waals surface area (Å²) in [7, 11) is 1.35. The standard InChI is InChI=1S/C17H21ClN2O4/c1-24-16(22)6-2-3-9-19-17(23)13-8-7-12(18)11-14(13)20-10-4-5-15(20)21/h7-8,11H,2-6,9-10H2,1H3,(H,19,23). The van der Waals surface area contributed by atoms with E-state index < -0.39 is 0 Å². The van der Waals surface area contributed by atoms with Gasteiger partial charge in [0.15, 0.2) is 0 Å². The van der Waals surface area contributed by atoms with Crippen molar-refractivity contribution in [3.8, 4) is 0 Å². The van der Waals surface area contributed by atoms with Crippen LogP contribution in [-0.2, 0) is 14.3 Å². The van der Waals surface area contributed by atoms with Gasteiger partial charge in [0.05, 0.1) is 18.4 Å². The number of anilines is 1. The van der Waals surface area contributed by atoms with Crippen molar-refractivity contribution in [1.29, 1.82) is 0 Å². The van der Waals surface area contributed by atoms with Crippen molar-refractivity contribution in [1.82, 2.24) is 5.32 Å². The molecule has 1 aliphatic heterocycles. The predicted octanol–water partition coefficient (Wildman–Crippen LogP) is 2.54. The number of esters is 1. The molecule has 6 nitrogen and oxygen atoms in total. The van der Waals surface area contributed by atoms with Crippen molar-refractivity contribution in [3.05, 3.63) is 28.8 Å². The van der Waals surface area contributed by atoms with E-state index in [9.17, 15) is 14.4 Å². The van der Waals surface area contributed by atoms with Gasteiger partial charge in [-0.3, -0.25) is 14.4 Å². The molecular weight excluding hydrogens is 332 g/mol. The molecule has 1 heterocycles. The lowest BCUT2D eigenvalue weighted by Crippen LogP contribution is -2.30. The van der Waals surface area contributed by atoms with Crippen LogP contribution in [0.25, 0.3) is 0 Å². The number of carbonyl (C=O) groups excluding carboxylic acids is 3. The molecule has 1 saturated heterocycles. The van der Waals surface area contributed by atoms with Gasteiger partial charge in [0.1, 0.15) is 0 Å². The van der Waals surface area contributed by atoms with E-state index in [2.05, 4.69) is 10.1 Å². The van der Waals surface area contributed by atoms with Gasteiger partial charge in [-0.2, -0.15) is 0 Å². The van der Waals surface area contributed by atoms with Crippen molar-refractivity contribution in [2.24, 2.45) is 0 Å². The average molecular weight is 353 g/mol.